The van der Waals surface area contributed by atoms with E-state index in [9.17, 15) is 19.2 Å². The van der Waals surface area contributed by atoms with Crippen molar-refractivity contribution in [3.8, 4) is 0 Å². The minimum atomic E-state index is -0.848. The smallest absolute Gasteiger partial charge is 0.320 e. The first-order chi connectivity index (χ1) is 11.3. The molecule has 2 atom stereocenters. The third-order valence-corrected chi connectivity index (χ3v) is 3.63. The molecule has 1 heterocycles. The summed E-state index contributed by atoms with van der Waals surface area (Å²) in [5, 5.41) is 0. The zero-order chi connectivity index (χ0) is 18.3. The molecule has 1 saturated heterocycles. The number of carbonyl (C=O) groups excluding carboxylic acids is 4. The van der Waals surface area contributed by atoms with Gasteiger partial charge in [0.2, 0.25) is 11.8 Å². The fourth-order valence-corrected chi connectivity index (χ4v) is 2.56. The number of primary amides is 2. The van der Waals surface area contributed by atoms with Crippen LogP contribution in [0.3, 0.4) is 0 Å². The van der Waals surface area contributed by atoms with E-state index in [-0.39, 0.29) is 39.4 Å². The van der Waals surface area contributed by atoms with Crippen molar-refractivity contribution in [1.29, 1.82) is 0 Å². The zero-order valence-corrected chi connectivity index (χ0v) is 13.9. The van der Waals surface area contributed by atoms with Gasteiger partial charge in [0.1, 0.15) is 12.1 Å². The van der Waals surface area contributed by atoms with Crippen LogP contribution < -0.4 is 11.5 Å². The van der Waals surface area contributed by atoms with Crippen molar-refractivity contribution >= 4 is 23.8 Å². The van der Waals surface area contributed by atoms with Crippen LogP contribution in [0.15, 0.2) is 0 Å². The number of hydrogen-bond donors (Lipinski definition) is 2. The molecule has 24 heavy (non-hydrogen) atoms. The molecule has 1 aliphatic rings. The molecular weight excluding hydrogens is 320 g/mol. The Bertz CT molecular complexity index is 454. The summed E-state index contributed by atoms with van der Waals surface area (Å²) in [5.74, 6) is -2.41. The second-order valence-corrected chi connectivity index (χ2v) is 5.31. The van der Waals surface area contributed by atoms with E-state index in [1.165, 1.54) is 9.80 Å². The molecule has 1 aliphatic heterocycles. The molecule has 0 bridgehead atoms. The molecule has 0 unspecified atom stereocenters. The lowest BCUT2D eigenvalue weighted by Gasteiger charge is -2.42. The standard InChI is InChI=1S/C14H24N4O6/c1-3-23-11(19)7-17-5-10(14(16)22)18(6-9(17)13(15)21)8-12(20)24-4-2/h9-10H,3-8H2,1-2H3,(H2,15,21)(H2,16,22)/t9-,10-/m0/s1. The van der Waals surface area contributed by atoms with Crippen LogP contribution in [0, 0.1) is 0 Å². The minimum Gasteiger partial charge on any atom is -0.465 e. The lowest BCUT2D eigenvalue weighted by molar-refractivity contribution is -0.153. The third kappa shape index (κ3) is 5.46. The summed E-state index contributed by atoms with van der Waals surface area (Å²) < 4.78 is 9.71. The Morgan fingerprint density at radius 2 is 1.17 bits per heavy atom. The van der Waals surface area contributed by atoms with Crippen LogP contribution in [0.4, 0.5) is 0 Å². The fraction of sp³-hybridized carbons (Fsp3) is 0.714. The molecule has 1 rings (SSSR count). The van der Waals surface area contributed by atoms with Crippen LogP contribution in [0.25, 0.3) is 0 Å². The normalized spacial score (nSPS) is 21.9. The van der Waals surface area contributed by atoms with Crippen molar-refractivity contribution in [2.45, 2.75) is 25.9 Å². The molecule has 10 nitrogen and oxygen atoms in total. The number of rotatable bonds is 8. The van der Waals surface area contributed by atoms with Gasteiger partial charge in [0.15, 0.2) is 0 Å². The number of nitrogens with zero attached hydrogens (tertiary/aromatic N) is 2. The lowest BCUT2D eigenvalue weighted by atomic mass is 10.0. The summed E-state index contributed by atoms with van der Waals surface area (Å²) in [6.45, 7) is 3.30. The van der Waals surface area contributed by atoms with Gasteiger partial charge in [-0.05, 0) is 13.8 Å². The number of piperazine rings is 1. The van der Waals surface area contributed by atoms with Crippen molar-refractivity contribution < 1.29 is 28.7 Å². The molecule has 1 fully saturated rings. The van der Waals surface area contributed by atoms with Crippen LogP contribution in [0.1, 0.15) is 13.8 Å². The van der Waals surface area contributed by atoms with Crippen LogP contribution in [0.5, 0.6) is 0 Å². The summed E-state index contributed by atoms with van der Waals surface area (Å²) in [6.07, 6.45) is 0. The maximum atomic E-state index is 11.7. The van der Waals surface area contributed by atoms with Crippen molar-refractivity contribution in [2.75, 3.05) is 39.4 Å². The van der Waals surface area contributed by atoms with Gasteiger partial charge >= 0.3 is 11.9 Å². The van der Waals surface area contributed by atoms with Crippen molar-refractivity contribution in [2.24, 2.45) is 11.5 Å². The third-order valence-electron chi connectivity index (χ3n) is 3.63. The van der Waals surface area contributed by atoms with Crippen molar-refractivity contribution in [1.82, 2.24) is 9.80 Å². The monoisotopic (exact) mass is 344 g/mol. The topological polar surface area (TPSA) is 145 Å². The van der Waals surface area contributed by atoms with Crippen LogP contribution >= 0.6 is 0 Å². The number of amides is 2. The summed E-state index contributed by atoms with van der Waals surface area (Å²) in [4.78, 5) is 49.7. The molecule has 0 aromatic carbocycles. The van der Waals surface area contributed by atoms with Gasteiger partial charge in [-0.15, -0.1) is 0 Å². The Labute approximate surface area is 140 Å². The van der Waals surface area contributed by atoms with E-state index >= 15 is 0 Å². The molecule has 136 valence electrons. The Morgan fingerprint density at radius 3 is 1.42 bits per heavy atom. The number of carbonyl (C=O) groups is 4. The number of nitrogens with two attached hydrogens (primary N) is 2. The van der Waals surface area contributed by atoms with Gasteiger partial charge in [-0.2, -0.15) is 0 Å². The highest BCUT2D eigenvalue weighted by Crippen LogP contribution is 2.16. The number of hydrogen-bond acceptors (Lipinski definition) is 8. The Hall–Kier alpha value is -2.20. The maximum absolute atomic E-state index is 11.7. The molecule has 0 radical (unpaired) electrons. The van der Waals surface area contributed by atoms with Gasteiger partial charge in [0, 0.05) is 13.1 Å². The van der Waals surface area contributed by atoms with E-state index in [2.05, 4.69) is 0 Å². The predicted octanol–water partition coefficient (Wildman–Crippen LogP) is -2.56. The average molecular weight is 344 g/mol. The number of esters is 2. The SMILES string of the molecule is CCOC(=O)CN1C[C@@H](C(N)=O)N(CC(=O)OCC)C[C@H]1C(N)=O. The first-order valence-corrected chi connectivity index (χ1v) is 7.68. The number of ether oxygens (including phenoxy) is 2. The summed E-state index contributed by atoms with van der Waals surface area (Å²) in [6, 6.07) is -1.70. The van der Waals surface area contributed by atoms with E-state index in [1.807, 2.05) is 0 Å². The quantitative estimate of drug-likeness (QED) is 0.457. The Balaban J connectivity index is 2.91. The molecule has 0 spiro atoms. The van der Waals surface area contributed by atoms with Crippen LogP contribution in [-0.2, 0) is 28.7 Å². The second kappa shape index (κ2) is 9.18. The Morgan fingerprint density at radius 1 is 0.833 bits per heavy atom. The predicted molar refractivity (Wildman–Crippen MR) is 82.4 cm³/mol. The maximum Gasteiger partial charge on any atom is 0.320 e. The molecule has 0 saturated carbocycles. The first kappa shape index (κ1) is 19.8. The van der Waals surface area contributed by atoms with Crippen LogP contribution in [0.2, 0.25) is 0 Å². The molecule has 0 aromatic heterocycles. The van der Waals surface area contributed by atoms with E-state index < -0.39 is 35.8 Å². The lowest BCUT2D eigenvalue weighted by Crippen LogP contribution is -2.66. The summed E-state index contributed by atoms with van der Waals surface area (Å²) in [5.41, 5.74) is 10.8. The average Bonchev–Trinajstić information content (AvgIpc) is 2.48. The molecule has 4 N–H and O–H groups in total. The molecule has 10 heteroatoms. The highest BCUT2D eigenvalue weighted by atomic mass is 16.5. The minimum absolute atomic E-state index is 0.0127. The van der Waals surface area contributed by atoms with E-state index in [0.29, 0.717) is 0 Å². The van der Waals surface area contributed by atoms with Crippen LogP contribution in [-0.4, -0.2) is 85.0 Å². The largest absolute Gasteiger partial charge is 0.465 e. The van der Waals surface area contributed by atoms with E-state index in [0.717, 1.165) is 0 Å². The van der Waals surface area contributed by atoms with Gasteiger partial charge in [0.25, 0.3) is 0 Å². The highest BCUT2D eigenvalue weighted by molar-refractivity contribution is 5.85. The van der Waals surface area contributed by atoms with Crippen molar-refractivity contribution in [3.63, 3.8) is 0 Å². The Kier molecular flexibility index (Phi) is 7.59. The molecule has 2 amide bonds. The van der Waals surface area contributed by atoms with Gasteiger partial charge in [-0.3, -0.25) is 29.0 Å². The summed E-state index contributed by atoms with van der Waals surface area (Å²) >= 11 is 0. The van der Waals surface area contributed by atoms with Crippen molar-refractivity contribution in [3.05, 3.63) is 0 Å². The first-order valence-electron chi connectivity index (χ1n) is 7.68. The second-order valence-electron chi connectivity index (χ2n) is 5.31. The van der Waals surface area contributed by atoms with Gasteiger partial charge in [-0.25, -0.2) is 0 Å². The van der Waals surface area contributed by atoms with Gasteiger partial charge in [-0.1, -0.05) is 0 Å². The molecule has 0 aromatic rings. The highest BCUT2D eigenvalue weighted by Gasteiger charge is 2.40. The molecular formula is C14H24N4O6. The van der Waals surface area contributed by atoms with E-state index in [1.54, 1.807) is 13.8 Å². The zero-order valence-electron chi connectivity index (χ0n) is 13.9. The van der Waals surface area contributed by atoms with Gasteiger partial charge in [0.05, 0.1) is 26.3 Å². The fourth-order valence-electron chi connectivity index (χ4n) is 2.56. The molecule has 0 aliphatic carbocycles. The van der Waals surface area contributed by atoms with Gasteiger partial charge < -0.3 is 20.9 Å². The van der Waals surface area contributed by atoms with E-state index in [4.69, 9.17) is 20.9 Å². The summed E-state index contributed by atoms with van der Waals surface area (Å²) in [7, 11) is 0.